The van der Waals surface area contributed by atoms with Gasteiger partial charge in [0, 0.05) is 19.3 Å². The summed E-state index contributed by atoms with van der Waals surface area (Å²) in [6.45, 7) is 2.94. The SMILES string of the molecule is Cc1nn(-c2ccccc2)cc1CCCNC(=O)NCC1(O)CCC1. The third-order valence-corrected chi connectivity index (χ3v) is 4.79. The summed E-state index contributed by atoms with van der Waals surface area (Å²) in [5.74, 6) is 0. The highest BCUT2D eigenvalue weighted by atomic mass is 16.3. The summed E-state index contributed by atoms with van der Waals surface area (Å²) >= 11 is 0. The lowest BCUT2D eigenvalue weighted by Gasteiger charge is -2.36. The van der Waals surface area contributed by atoms with Gasteiger partial charge >= 0.3 is 6.03 Å². The van der Waals surface area contributed by atoms with Crippen molar-refractivity contribution in [1.82, 2.24) is 20.4 Å². The lowest BCUT2D eigenvalue weighted by atomic mass is 9.80. The van der Waals surface area contributed by atoms with E-state index in [9.17, 15) is 9.90 Å². The van der Waals surface area contributed by atoms with E-state index >= 15 is 0 Å². The van der Waals surface area contributed by atoms with Gasteiger partial charge in [0.2, 0.25) is 0 Å². The largest absolute Gasteiger partial charge is 0.388 e. The Labute approximate surface area is 148 Å². The first kappa shape index (κ1) is 17.5. The maximum Gasteiger partial charge on any atom is 0.314 e. The summed E-state index contributed by atoms with van der Waals surface area (Å²) in [4.78, 5) is 11.7. The first-order valence-electron chi connectivity index (χ1n) is 8.90. The van der Waals surface area contributed by atoms with Crippen molar-refractivity contribution < 1.29 is 9.90 Å². The summed E-state index contributed by atoms with van der Waals surface area (Å²) in [7, 11) is 0. The van der Waals surface area contributed by atoms with Gasteiger partial charge in [0.1, 0.15) is 0 Å². The van der Waals surface area contributed by atoms with Crippen molar-refractivity contribution in [3.8, 4) is 5.69 Å². The number of hydrogen-bond donors (Lipinski definition) is 3. The zero-order chi connectivity index (χ0) is 17.7. The summed E-state index contributed by atoms with van der Waals surface area (Å²) in [5.41, 5.74) is 2.57. The number of aromatic nitrogens is 2. The quantitative estimate of drug-likeness (QED) is 0.676. The Balaban J connectivity index is 1.40. The molecule has 0 aliphatic heterocycles. The van der Waals surface area contributed by atoms with E-state index in [1.54, 1.807) is 0 Å². The van der Waals surface area contributed by atoms with Crippen LogP contribution in [-0.4, -0.2) is 39.6 Å². The molecule has 0 saturated heterocycles. The smallest absolute Gasteiger partial charge is 0.314 e. The van der Waals surface area contributed by atoms with E-state index in [0.717, 1.165) is 43.5 Å². The van der Waals surface area contributed by atoms with Crippen LogP contribution in [0, 0.1) is 6.92 Å². The molecule has 0 atom stereocenters. The molecule has 1 heterocycles. The zero-order valence-electron chi connectivity index (χ0n) is 14.7. The Morgan fingerprint density at radius 2 is 2.04 bits per heavy atom. The number of hydrogen-bond acceptors (Lipinski definition) is 3. The molecule has 1 aromatic carbocycles. The molecular weight excluding hydrogens is 316 g/mol. The van der Waals surface area contributed by atoms with E-state index in [1.807, 2.05) is 41.9 Å². The molecular formula is C19H26N4O2. The number of amides is 2. The fourth-order valence-electron chi connectivity index (χ4n) is 3.00. The van der Waals surface area contributed by atoms with Gasteiger partial charge in [0.25, 0.3) is 0 Å². The summed E-state index contributed by atoms with van der Waals surface area (Å²) in [5, 5.41) is 20.1. The Morgan fingerprint density at radius 1 is 1.28 bits per heavy atom. The standard InChI is InChI=1S/C19H26N4O2/c1-15-16(13-23(22-15)17-8-3-2-4-9-17)7-5-12-20-18(24)21-14-19(25)10-6-11-19/h2-4,8-9,13,25H,5-7,10-12,14H2,1H3,(H2,20,21,24). The fraction of sp³-hybridized carbons (Fsp3) is 0.474. The molecule has 3 N–H and O–H groups in total. The summed E-state index contributed by atoms with van der Waals surface area (Å²) < 4.78 is 1.89. The molecule has 1 aromatic heterocycles. The Hall–Kier alpha value is -2.34. The molecule has 1 saturated carbocycles. The fourth-order valence-corrected chi connectivity index (χ4v) is 3.00. The van der Waals surface area contributed by atoms with Gasteiger partial charge in [-0.25, -0.2) is 9.48 Å². The van der Waals surface area contributed by atoms with Crippen molar-refractivity contribution in [3.05, 3.63) is 47.8 Å². The molecule has 0 bridgehead atoms. The van der Waals surface area contributed by atoms with Crippen molar-refractivity contribution in [3.63, 3.8) is 0 Å². The summed E-state index contributed by atoms with van der Waals surface area (Å²) in [6, 6.07) is 9.82. The maximum absolute atomic E-state index is 11.7. The predicted molar refractivity (Wildman–Crippen MR) is 96.8 cm³/mol. The molecule has 6 heteroatoms. The van der Waals surface area contributed by atoms with Crippen LogP contribution < -0.4 is 10.6 Å². The van der Waals surface area contributed by atoms with Crippen molar-refractivity contribution >= 4 is 6.03 Å². The van der Waals surface area contributed by atoms with Crippen LogP contribution in [0.2, 0.25) is 0 Å². The molecule has 1 aliphatic carbocycles. The third kappa shape index (κ3) is 4.60. The first-order valence-corrected chi connectivity index (χ1v) is 8.90. The highest BCUT2D eigenvalue weighted by molar-refractivity contribution is 5.73. The normalized spacial score (nSPS) is 15.4. The molecule has 0 radical (unpaired) electrons. The van der Waals surface area contributed by atoms with Gasteiger partial charge in [0.15, 0.2) is 0 Å². The minimum Gasteiger partial charge on any atom is -0.388 e. The van der Waals surface area contributed by atoms with Crippen molar-refractivity contribution in [2.24, 2.45) is 0 Å². The van der Waals surface area contributed by atoms with E-state index in [0.29, 0.717) is 13.1 Å². The van der Waals surface area contributed by atoms with Crippen molar-refractivity contribution in [2.45, 2.75) is 44.6 Å². The lowest BCUT2D eigenvalue weighted by Crippen LogP contribution is -2.50. The number of aliphatic hydroxyl groups is 1. The zero-order valence-corrected chi connectivity index (χ0v) is 14.7. The van der Waals surface area contributed by atoms with Crippen molar-refractivity contribution in [1.29, 1.82) is 0 Å². The third-order valence-electron chi connectivity index (χ3n) is 4.79. The minimum absolute atomic E-state index is 0.211. The second-order valence-corrected chi connectivity index (χ2v) is 6.81. The number of nitrogens with zero attached hydrogens (tertiary/aromatic N) is 2. The van der Waals surface area contributed by atoms with Gasteiger partial charge in [-0.2, -0.15) is 5.10 Å². The number of carbonyl (C=O) groups excluding carboxylic acids is 1. The molecule has 6 nitrogen and oxygen atoms in total. The number of para-hydroxylation sites is 1. The average molecular weight is 342 g/mol. The van der Waals surface area contributed by atoms with Gasteiger partial charge in [0.05, 0.1) is 17.0 Å². The monoisotopic (exact) mass is 342 g/mol. The number of aryl methyl sites for hydroxylation is 2. The summed E-state index contributed by atoms with van der Waals surface area (Å²) in [6.07, 6.45) is 6.35. The highest BCUT2D eigenvalue weighted by Gasteiger charge is 2.34. The molecule has 134 valence electrons. The molecule has 2 amide bonds. The number of carbonyl (C=O) groups is 1. The average Bonchev–Trinajstić information content (AvgIpc) is 2.97. The van der Waals surface area contributed by atoms with E-state index in [4.69, 9.17) is 0 Å². The highest BCUT2D eigenvalue weighted by Crippen LogP contribution is 2.30. The van der Waals surface area contributed by atoms with Crippen LogP contribution in [-0.2, 0) is 6.42 Å². The maximum atomic E-state index is 11.7. The molecule has 25 heavy (non-hydrogen) atoms. The van der Waals surface area contributed by atoms with Gasteiger partial charge in [-0.1, -0.05) is 18.2 Å². The van der Waals surface area contributed by atoms with E-state index in [2.05, 4.69) is 21.9 Å². The molecule has 0 unspecified atom stereocenters. The second kappa shape index (κ2) is 7.70. The topological polar surface area (TPSA) is 79.2 Å². The number of benzene rings is 1. The van der Waals surface area contributed by atoms with Crippen molar-refractivity contribution in [2.75, 3.05) is 13.1 Å². The Morgan fingerprint density at radius 3 is 2.72 bits per heavy atom. The van der Waals surface area contributed by atoms with E-state index in [-0.39, 0.29) is 6.03 Å². The molecule has 3 rings (SSSR count). The molecule has 0 spiro atoms. The Bertz CT molecular complexity index is 707. The molecule has 1 fully saturated rings. The van der Waals surface area contributed by atoms with Crippen LogP contribution in [0.15, 0.2) is 36.5 Å². The van der Waals surface area contributed by atoms with Crippen LogP contribution in [0.3, 0.4) is 0 Å². The van der Waals surface area contributed by atoms with E-state index in [1.165, 1.54) is 5.56 Å². The predicted octanol–water partition coefficient (Wildman–Crippen LogP) is 2.33. The van der Waals surface area contributed by atoms with Crippen LogP contribution in [0.25, 0.3) is 5.69 Å². The van der Waals surface area contributed by atoms with E-state index < -0.39 is 5.60 Å². The van der Waals surface area contributed by atoms with Crippen LogP contribution in [0.1, 0.15) is 36.9 Å². The minimum atomic E-state index is -0.680. The van der Waals surface area contributed by atoms with Gasteiger partial charge < -0.3 is 15.7 Å². The second-order valence-electron chi connectivity index (χ2n) is 6.81. The number of rotatable bonds is 7. The van der Waals surface area contributed by atoms with Crippen LogP contribution in [0.5, 0.6) is 0 Å². The van der Waals surface area contributed by atoms with Gasteiger partial charge in [-0.15, -0.1) is 0 Å². The lowest BCUT2D eigenvalue weighted by molar-refractivity contribution is -0.0290. The Kier molecular flexibility index (Phi) is 5.38. The van der Waals surface area contributed by atoms with Crippen LogP contribution in [0.4, 0.5) is 4.79 Å². The van der Waals surface area contributed by atoms with Gasteiger partial charge in [-0.3, -0.25) is 0 Å². The molecule has 1 aliphatic rings. The molecule has 2 aromatic rings. The number of urea groups is 1. The number of nitrogens with one attached hydrogen (secondary N) is 2. The first-order chi connectivity index (χ1) is 12.1. The van der Waals surface area contributed by atoms with Gasteiger partial charge in [-0.05, 0) is 56.7 Å². The van der Waals surface area contributed by atoms with Crippen LogP contribution >= 0.6 is 0 Å².